The van der Waals surface area contributed by atoms with Crippen LogP contribution in [0.2, 0.25) is 0 Å². The van der Waals surface area contributed by atoms with Crippen molar-refractivity contribution in [3.63, 3.8) is 0 Å². The highest BCUT2D eigenvalue weighted by Gasteiger charge is 2.06. The number of rotatable bonds is 2. The number of benzene rings is 1. The molecule has 0 saturated heterocycles. The van der Waals surface area contributed by atoms with E-state index in [1.807, 2.05) is 6.07 Å². The number of carboxylic acids is 1. The number of carboxylic acid groups (broad SMARTS) is 1. The summed E-state index contributed by atoms with van der Waals surface area (Å²) in [6, 6.07) is 8.73. The molecule has 0 spiro atoms. The summed E-state index contributed by atoms with van der Waals surface area (Å²) < 4.78 is 13.0. The zero-order valence-electron chi connectivity index (χ0n) is 8.22. The highest BCUT2D eigenvalue weighted by molar-refractivity contribution is 5.94. The quantitative estimate of drug-likeness (QED) is 0.786. The van der Waals surface area contributed by atoms with Crippen molar-refractivity contribution in [2.75, 3.05) is 0 Å². The molecule has 0 aliphatic heterocycles. The number of nitrogens with zero attached hydrogens (tertiary/aromatic N) is 1. The molecule has 0 atom stereocenters. The summed E-state index contributed by atoms with van der Waals surface area (Å²) >= 11 is 0. The van der Waals surface area contributed by atoms with E-state index in [9.17, 15) is 9.18 Å². The van der Waals surface area contributed by atoms with Gasteiger partial charge in [0.25, 0.3) is 0 Å². The normalized spacial score (nSPS) is 11.7. The lowest BCUT2D eigenvalue weighted by molar-refractivity contribution is -0.134. The van der Waals surface area contributed by atoms with Gasteiger partial charge in [0, 0.05) is 11.6 Å². The van der Waals surface area contributed by atoms with Crippen LogP contribution in [0.4, 0.5) is 4.39 Å². The maximum Gasteiger partial charge on any atom is 0.364 e. The molecule has 3 nitrogen and oxygen atoms in total. The molecule has 0 amide bonds. The third-order valence-electron chi connectivity index (χ3n) is 2.17. The van der Waals surface area contributed by atoms with E-state index >= 15 is 0 Å². The first-order valence-corrected chi connectivity index (χ1v) is 4.63. The van der Waals surface area contributed by atoms with Gasteiger partial charge in [0.15, 0.2) is 0 Å². The second-order valence-electron chi connectivity index (χ2n) is 3.21. The van der Waals surface area contributed by atoms with Crippen molar-refractivity contribution in [3.05, 3.63) is 47.9 Å². The second-order valence-corrected chi connectivity index (χ2v) is 3.21. The van der Waals surface area contributed by atoms with Crippen molar-refractivity contribution in [2.45, 2.75) is 0 Å². The molecule has 1 aromatic heterocycles. The molecule has 0 radical (unpaired) electrons. The van der Waals surface area contributed by atoms with Gasteiger partial charge in [0.1, 0.15) is 0 Å². The van der Waals surface area contributed by atoms with Crippen molar-refractivity contribution in [1.29, 1.82) is 0 Å². The van der Waals surface area contributed by atoms with Crippen LogP contribution in [0.3, 0.4) is 0 Å². The molecular formula is C12H8FNO2. The topological polar surface area (TPSA) is 50.2 Å². The Labute approximate surface area is 90.9 Å². The Morgan fingerprint density at radius 1 is 1.31 bits per heavy atom. The van der Waals surface area contributed by atoms with E-state index in [1.165, 1.54) is 6.20 Å². The number of carbonyl (C=O) groups is 1. The molecule has 80 valence electrons. The molecule has 0 aliphatic rings. The van der Waals surface area contributed by atoms with Gasteiger partial charge < -0.3 is 5.11 Å². The molecule has 1 aromatic carbocycles. The van der Waals surface area contributed by atoms with Crippen LogP contribution in [0, 0.1) is 0 Å². The summed E-state index contributed by atoms with van der Waals surface area (Å²) in [5.74, 6) is -2.75. The van der Waals surface area contributed by atoms with Crippen molar-refractivity contribution in [1.82, 2.24) is 4.98 Å². The van der Waals surface area contributed by atoms with Gasteiger partial charge in [-0.2, -0.15) is 4.39 Å². The minimum atomic E-state index is -1.57. The Kier molecular flexibility index (Phi) is 2.64. The van der Waals surface area contributed by atoms with Crippen LogP contribution >= 0.6 is 0 Å². The zero-order chi connectivity index (χ0) is 11.5. The van der Waals surface area contributed by atoms with Gasteiger partial charge >= 0.3 is 5.97 Å². The Bertz CT molecular complexity index is 573. The number of pyridine rings is 1. The molecule has 2 rings (SSSR count). The number of aromatic nitrogens is 1. The summed E-state index contributed by atoms with van der Waals surface area (Å²) in [6.45, 7) is 0. The van der Waals surface area contributed by atoms with E-state index in [2.05, 4.69) is 4.98 Å². The van der Waals surface area contributed by atoms with E-state index < -0.39 is 11.8 Å². The first kappa shape index (κ1) is 10.3. The minimum Gasteiger partial charge on any atom is -0.476 e. The largest absolute Gasteiger partial charge is 0.476 e. The fraction of sp³-hybridized carbons (Fsp3) is 0. The monoisotopic (exact) mass is 217 g/mol. The van der Waals surface area contributed by atoms with Crippen LogP contribution in [-0.4, -0.2) is 16.1 Å². The number of hydrogen-bond donors (Lipinski definition) is 1. The number of para-hydroxylation sites is 1. The van der Waals surface area contributed by atoms with E-state index in [0.717, 1.165) is 11.5 Å². The standard InChI is InChI=1S/C12H8FNO2/c13-10(12(15)16)7-8-5-6-14-11-4-2-1-3-9(8)11/h1-7H,(H,15,16). The van der Waals surface area contributed by atoms with Crippen LogP contribution in [-0.2, 0) is 4.79 Å². The van der Waals surface area contributed by atoms with Crippen LogP contribution in [0.5, 0.6) is 0 Å². The van der Waals surface area contributed by atoms with E-state index in [-0.39, 0.29) is 0 Å². The molecule has 1 heterocycles. The van der Waals surface area contributed by atoms with Gasteiger partial charge in [0.05, 0.1) is 5.52 Å². The fourth-order valence-electron chi connectivity index (χ4n) is 1.44. The van der Waals surface area contributed by atoms with E-state index in [4.69, 9.17) is 5.11 Å². The summed E-state index contributed by atoms with van der Waals surface area (Å²) in [5.41, 5.74) is 1.21. The maximum absolute atomic E-state index is 13.0. The number of hydrogen-bond acceptors (Lipinski definition) is 2. The summed E-state index contributed by atoms with van der Waals surface area (Å²) in [7, 11) is 0. The first-order valence-electron chi connectivity index (χ1n) is 4.63. The minimum absolute atomic E-state index is 0.505. The highest BCUT2D eigenvalue weighted by Crippen LogP contribution is 2.19. The van der Waals surface area contributed by atoms with Crippen molar-refractivity contribution in [3.8, 4) is 0 Å². The average Bonchev–Trinajstić information content (AvgIpc) is 2.29. The Morgan fingerprint density at radius 3 is 2.81 bits per heavy atom. The summed E-state index contributed by atoms with van der Waals surface area (Å²) in [6.07, 6.45) is 2.51. The van der Waals surface area contributed by atoms with Crippen molar-refractivity contribution >= 4 is 22.9 Å². The molecule has 0 bridgehead atoms. The molecule has 16 heavy (non-hydrogen) atoms. The van der Waals surface area contributed by atoms with Gasteiger partial charge in [-0.1, -0.05) is 18.2 Å². The lowest BCUT2D eigenvalue weighted by Crippen LogP contribution is -1.94. The van der Waals surface area contributed by atoms with Gasteiger partial charge in [0.2, 0.25) is 5.83 Å². The lowest BCUT2D eigenvalue weighted by Gasteiger charge is -2.00. The zero-order valence-corrected chi connectivity index (χ0v) is 8.22. The number of halogens is 1. The van der Waals surface area contributed by atoms with Crippen molar-refractivity contribution < 1.29 is 14.3 Å². The predicted octanol–water partition coefficient (Wildman–Crippen LogP) is 2.63. The summed E-state index contributed by atoms with van der Waals surface area (Å²) in [4.78, 5) is 14.5. The van der Waals surface area contributed by atoms with Gasteiger partial charge in [-0.05, 0) is 23.8 Å². The molecular weight excluding hydrogens is 209 g/mol. The smallest absolute Gasteiger partial charge is 0.364 e. The van der Waals surface area contributed by atoms with E-state index in [1.54, 1.807) is 24.3 Å². The van der Waals surface area contributed by atoms with Gasteiger partial charge in [-0.15, -0.1) is 0 Å². The SMILES string of the molecule is O=C(O)C(F)=Cc1ccnc2ccccc12. The Morgan fingerprint density at radius 2 is 2.06 bits per heavy atom. The van der Waals surface area contributed by atoms with Crippen LogP contribution in [0.15, 0.2) is 42.4 Å². The van der Waals surface area contributed by atoms with Crippen LogP contribution in [0.1, 0.15) is 5.56 Å². The van der Waals surface area contributed by atoms with Crippen molar-refractivity contribution in [2.24, 2.45) is 0 Å². The number of aliphatic carboxylic acids is 1. The third-order valence-corrected chi connectivity index (χ3v) is 2.17. The Hall–Kier alpha value is -2.23. The molecule has 0 aliphatic carbocycles. The molecule has 0 unspecified atom stereocenters. The van der Waals surface area contributed by atoms with Gasteiger partial charge in [-0.3, -0.25) is 4.98 Å². The Balaban J connectivity index is 2.61. The third kappa shape index (κ3) is 1.91. The molecule has 4 heteroatoms. The first-order chi connectivity index (χ1) is 7.68. The number of fused-ring (bicyclic) bond motifs is 1. The van der Waals surface area contributed by atoms with Crippen LogP contribution < -0.4 is 0 Å². The van der Waals surface area contributed by atoms with Gasteiger partial charge in [-0.25, -0.2) is 4.79 Å². The molecule has 1 N–H and O–H groups in total. The summed E-state index contributed by atoms with van der Waals surface area (Å²) in [5, 5.41) is 9.18. The molecule has 0 fully saturated rings. The van der Waals surface area contributed by atoms with Crippen LogP contribution in [0.25, 0.3) is 17.0 Å². The predicted molar refractivity (Wildman–Crippen MR) is 58.5 cm³/mol. The molecule has 2 aromatic rings. The highest BCUT2D eigenvalue weighted by atomic mass is 19.1. The molecule has 0 saturated carbocycles. The second kappa shape index (κ2) is 4.10. The van der Waals surface area contributed by atoms with E-state index in [0.29, 0.717) is 11.1 Å². The average molecular weight is 217 g/mol. The maximum atomic E-state index is 13.0. The fourth-order valence-corrected chi connectivity index (χ4v) is 1.44. The lowest BCUT2D eigenvalue weighted by atomic mass is 10.1.